The van der Waals surface area contributed by atoms with E-state index >= 15 is 0 Å². The van der Waals surface area contributed by atoms with Crippen LogP contribution in [0.2, 0.25) is 0 Å². The predicted octanol–water partition coefficient (Wildman–Crippen LogP) is 4.87. The molecule has 0 spiro atoms. The minimum atomic E-state index is 0.587. The van der Waals surface area contributed by atoms with Gasteiger partial charge in [0, 0.05) is 31.6 Å². The molecule has 0 amide bonds. The second kappa shape index (κ2) is 8.53. The van der Waals surface area contributed by atoms with E-state index in [0.29, 0.717) is 5.92 Å². The van der Waals surface area contributed by atoms with Crippen LogP contribution in [0, 0.1) is 0 Å². The molecule has 1 aliphatic heterocycles. The van der Waals surface area contributed by atoms with E-state index in [1.807, 2.05) is 0 Å². The third kappa shape index (κ3) is 4.48. The average molecular weight is 360 g/mol. The highest BCUT2D eigenvalue weighted by Crippen LogP contribution is 2.31. The number of benzene rings is 2. The van der Waals surface area contributed by atoms with Gasteiger partial charge < -0.3 is 0 Å². The summed E-state index contributed by atoms with van der Waals surface area (Å²) in [5, 5.41) is 4.96. The predicted molar refractivity (Wildman–Crippen MR) is 111 cm³/mol. The number of nitrogens with zero attached hydrogens (tertiary/aromatic N) is 3. The van der Waals surface area contributed by atoms with Crippen LogP contribution in [0.15, 0.2) is 66.9 Å². The van der Waals surface area contributed by atoms with Gasteiger partial charge in [0.2, 0.25) is 0 Å². The van der Waals surface area contributed by atoms with Crippen molar-refractivity contribution >= 4 is 0 Å². The van der Waals surface area contributed by atoms with Gasteiger partial charge in [-0.25, -0.2) is 0 Å². The van der Waals surface area contributed by atoms with Crippen LogP contribution in [0.5, 0.6) is 0 Å². The molecule has 3 nitrogen and oxygen atoms in total. The molecular weight excluding hydrogens is 330 g/mol. The van der Waals surface area contributed by atoms with E-state index in [2.05, 4.69) is 83.4 Å². The van der Waals surface area contributed by atoms with Crippen molar-refractivity contribution in [1.82, 2.24) is 14.7 Å². The quantitative estimate of drug-likeness (QED) is 0.626. The van der Waals surface area contributed by atoms with E-state index < -0.39 is 0 Å². The number of likely N-dealkylation sites (tertiary alicyclic amines) is 1. The molecule has 4 rings (SSSR count). The van der Waals surface area contributed by atoms with Gasteiger partial charge in [-0.3, -0.25) is 9.58 Å². The normalized spacial score (nSPS) is 15.9. The minimum absolute atomic E-state index is 0.587. The summed E-state index contributed by atoms with van der Waals surface area (Å²) in [6.45, 7) is 6.49. The molecule has 1 aromatic heterocycles. The lowest BCUT2D eigenvalue weighted by Crippen LogP contribution is -2.32. The maximum Gasteiger partial charge on any atom is 0.0691 e. The number of aryl methyl sites for hydroxylation is 1. The molecule has 0 radical (unpaired) electrons. The first-order valence-electron chi connectivity index (χ1n) is 10.2. The molecule has 0 aliphatic carbocycles. The Labute approximate surface area is 162 Å². The third-order valence-corrected chi connectivity index (χ3v) is 5.65. The monoisotopic (exact) mass is 359 g/mol. The largest absolute Gasteiger partial charge is 0.299 e. The number of hydrogen-bond donors (Lipinski definition) is 0. The van der Waals surface area contributed by atoms with Crippen molar-refractivity contribution in [2.75, 3.05) is 13.1 Å². The molecule has 0 saturated carbocycles. The van der Waals surface area contributed by atoms with Crippen LogP contribution in [0.4, 0.5) is 0 Å². The van der Waals surface area contributed by atoms with Crippen LogP contribution in [-0.2, 0) is 19.5 Å². The maximum absolute atomic E-state index is 4.96. The fourth-order valence-corrected chi connectivity index (χ4v) is 4.14. The highest BCUT2D eigenvalue weighted by Gasteiger charge is 2.25. The summed E-state index contributed by atoms with van der Waals surface area (Å²) in [7, 11) is 0. The summed E-state index contributed by atoms with van der Waals surface area (Å²) in [5.41, 5.74) is 5.52. The third-order valence-electron chi connectivity index (χ3n) is 5.65. The Balaban J connectivity index is 1.43. The number of hydrogen-bond acceptors (Lipinski definition) is 2. The van der Waals surface area contributed by atoms with Gasteiger partial charge in [-0.05, 0) is 49.5 Å². The standard InChI is InChI=1S/C24H29N3/c1-2-27-19-23(17-20-9-5-3-6-10-20)24(25-27)22-13-15-26(16-14-22)18-21-11-7-4-8-12-21/h3-12,19,22H,2,13-18H2,1H3. The van der Waals surface area contributed by atoms with Crippen molar-refractivity contribution in [3.05, 3.63) is 89.2 Å². The van der Waals surface area contributed by atoms with Crippen molar-refractivity contribution in [1.29, 1.82) is 0 Å². The average Bonchev–Trinajstić information content (AvgIpc) is 3.13. The zero-order chi connectivity index (χ0) is 18.5. The van der Waals surface area contributed by atoms with Crippen LogP contribution in [-0.4, -0.2) is 27.8 Å². The first-order chi connectivity index (χ1) is 13.3. The summed E-state index contributed by atoms with van der Waals surface area (Å²) >= 11 is 0. The second-order valence-electron chi connectivity index (χ2n) is 7.59. The Morgan fingerprint density at radius 2 is 1.52 bits per heavy atom. The van der Waals surface area contributed by atoms with Crippen LogP contribution in [0.25, 0.3) is 0 Å². The molecule has 0 bridgehead atoms. The molecule has 27 heavy (non-hydrogen) atoms. The molecule has 0 unspecified atom stereocenters. The lowest BCUT2D eigenvalue weighted by molar-refractivity contribution is 0.202. The lowest BCUT2D eigenvalue weighted by atomic mass is 9.89. The van der Waals surface area contributed by atoms with Gasteiger partial charge in [0.1, 0.15) is 0 Å². The molecule has 140 valence electrons. The highest BCUT2D eigenvalue weighted by molar-refractivity contribution is 5.30. The lowest BCUT2D eigenvalue weighted by Gasteiger charge is -2.31. The zero-order valence-corrected chi connectivity index (χ0v) is 16.2. The molecule has 3 aromatic rings. The fraction of sp³-hybridized carbons (Fsp3) is 0.375. The Morgan fingerprint density at radius 3 is 2.15 bits per heavy atom. The zero-order valence-electron chi connectivity index (χ0n) is 16.2. The molecule has 0 atom stereocenters. The van der Waals surface area contributed by atoms with E-state index in [-0.39, 0.29) is 0 Å². The molecular formula is C24H29N3. The van der Waals surface area contributed by atoms with E-state index in [1.165, 1.54) is 35.2 Å². The summed E-state index contributed by atoms with van der Waals surface area (Å²) in [5.74, 6) is 0.587. The van der Waals surface area contributed by atoms with Crippen LogP contribution in [0.3, 0.4) is 0 Å². The van der Waals surface area contributed by atoms with E-state index in [1.54, 1.807) is 0 Å². The highest BCUT2D eigenvalue weighted by atomic mass is 15.3. The Morgan fingerprint density at radius 1 is 0.889 bits per heavy atom. The van der Waals surface area contributed by atoms with Crippen LogP contribution in [0.1, 0.15) is 48.1 Å². The molecule has 0 N–H and O–H groups in total. The van der Waals surface area contributed by atoms with Crippen molar-refractivity contribution in [3.8, 4) is 0 Å². The van der Waals surface area contributed by atoms with Gasteiger partial charge in [-0.15, -0.1) is 0 Å². The Hall–Kier alpha value is -2.39. The van der Waals surface area contributed by atoms with Gasteiger partial charge in [0.25, 0.3) is 0 Å². The summed E-state index contributed by atoms with van der Waals surface area (Å²) in [6, 6.07) is 21.6. The number of aromatic nitrogens is 2. The summed E-state index contributed by atoms with van der Waals surface area (Å²) < 4.78 is 2.12. The fourth-order valence-electron chi connectivity index (χ4n) is 4.14. The van der Waals surface area contributed by atoms with Crippen molar-refractivity contribution in [2.45, 2.75) is 45.2 Å². The van der Waals surface area contributed by atoms with E-state index in [4.69, 9.17) is 5.10 Å². The summed E-state index contributed by atoms with van der Waals surface area (Å²) in [6.07, 6.45) is 5.66. The first kappa shape index (κ1) is 18.0. The molecule has 1 saturated heterocycles. The van der Waals surface area contributed by atoms with Crippen molar-refractivity contribution in [3.63, 3.8) is 0 Å². The van der Waals surface area contributed by atoms with Crippen molar-refractivity contribution in [2.24, 2.45) is 0 Å². The Kier molecular flexibility index (Phi) is 5.69. The first-order valence-corrected chi connectivity index (χ1v) is 10.2. The van der Waals surface area contributed by atoms with Gasteiger partial charge in [0.15, 0.2) is 0 Å². The van der Waals surface area contributed by atoms with E-state index in [9.17, 15) is 0 Å². The molecule has 1 fully saturated rings. The summed E-state index contributed by atoms with van der Waals surface area (Å²) in [4.78, 5) is 2.58. The number of rotatable bonds is 6. The van der Waals surface area contributed by atoms with Crippen LogP contribution < -0.4 is 0 Å². The van der Waals surface area contributed by atoms with Gasteiger partial charge in [-0.1, -0.05) is 60.7 Å². The van der Waals surface area contributed by atoms with Crippen molar-refractivity contribution < 1.29 is 0 Å². The molecule has 1 aliphatic rings. The maximum atomic E-state index is 4.96. The van der Waals surface area contributed by atoms with E-state index in [0.717, 1.165) is 32.6 Å². The van der Waals surface area contributed by atoms with Gasteiger partial charge in [-0.2, -0.15) is 5.10 Å². The van der Waals surface area contributed by atoms with Gasteiger partial charge in [0.05, 0.1) is 5.69 Å². The Bertz CT molecular complexity index is 831. The minimum Gasteiger partial charge on any atom is -0.299 e. The number of piperidine rings is 1. The van der Waals surface area contributed by atoms with Gasteiger partial charge >= 0.3 is 0 Å². The molecule has 3 heteroatoms. The topological polar surface area (TPSA) is 21.1 Å². The SMILES string of the molecule is CCn1cc(Cc2ccccc2)c(C2CCN(Cc3ccccc3)CC2)n1. The molecule has 2 aromatic carbocycles. The molecule has 2 heterocycles. The van der Waals surface area contributed by atoms with Crippen LogP contribution >= 0.6 is 0 Å². The smallest absolute Gasteiger partial charge is 0.0691 e. The second-order valence-corrected chi connectivity index (χ2v) is 7.59.